The lowest BCUT2D eigenvalue weighted by Crippen LogP contribution is -2.45. The minimum atomic E-state index is -0.696. The lowest BCUT2D eigenvalue weighted by Gasteiger charge is -2.17. The van der Waals surface area contributed by atoms with Gasteiger partial charge in [0.25, 0.3) is 0 Å². The summed E-state index contributed by atoms with van der Waals surface area (Å²) in [5.74, 6) is -0.268. The summed E-state index contributed by atoms with van der Waals surface area (Å²) in [5.41, 5.74) is 2.01. The quantitative estimate of drug-likeness (QED) is 0.409. The van der Waals surface area contributed by atoms with Gasteiger partial charge in [0.15, 0.2) is 0 Å². The van der Waals surface area contributed by atoms with E-state index in [2.05, 4.69) is 21.7 Å². The molecule has 2 aliphatic rings. The number of aliphatic imine (C=N–C) groups is 1. The topological polar surface area (TPSA) is 106 Å². The highest BCUT2D eigenvalue weighted by molar-refractivity contribution is 5.95. The Hall–Kier alpha value is -2.90. The molecule has 2 aliphatic carbocycles. The Kier molecular flexibility index (Phi) is 10.5. The zero-order chi connectivity index (χ0) is 22.5. The number of allylic oxidation sites excluding steroid dienone is 5. The summed E-state index contributed by atoms with van der Waals surface area (Å²) in [7, 11) is 0. The normalized spacial score (nSPS) is 20.0. The summed E-state index contributed by atoms with van der Waals surface area (Å²) in [6, 6.07) is -0.696. The smallest absolute Gasteiger partial charge is 0.408 e. The first-order valence-corrected chi connectivity index (χ1v) is 10.9. The second-order valence-corrected chi connectivity index (χ2v) is 7.57. The zero-order valence-corrected chi connectivity index (χ0v) is 18.4. The molecule has 31 heavy (non-hydrogen) atoms. The molecule has 2 N–H and O–H groups in total. The van der Waals surface area contributed by atoms with Crippen molar-refractivity contribution in [1.29, 1.82) is 0 Å². The third-order valence-electron chi connectivity index (χ3n) is 5.01. The number of carbonyl (C=O) groups is 3. The first-order valence-electron chi connectivity index (χ1n) is 10.9. The van der Waals surface area contributed by atoms with E-state index in [4.69, 9.17) is 9.47 Å². The van der Waals surface area contributed by atoms with Crippen molar-refractivity contribution >= 4 is 23.7 Å². The Labute approximate surface area is 183 Å². The Morgan fingerprint density at radius 1 is 1.26 bits per heavy atom. The van der Waals surface area contributed by atoms with Crippen molar-refractivity contribution in [3.63, 3.8) is 0 Å². The number of hydrogen-bond acceptors (Lipinski definition) is 6. The van der Waals surface area contributed by atoms with Crippen LogP contribution in [0.5, 0.6) is 0 Å². The Balaban J connectivity index is 1.61. The minimum absolute atomic E-state index is 0.171. The molecule has 0 bridgehead atoms. The van der Waals surface area contributed by atoms with Crippen molar-refractivity contribution in [1.82, 2.24) is 10.6 Å². The molecule has 0 aromatic carbocycles. The number of rotatable bonds is 10. The molecule has 2 amide bonds. The summed E-state index contributed by atoms with van der Waals surface area (Å²) in [6.45, 7) is 4.87. The van der Waals surface area contributed by atoms with Gasteiger partial charge in [0.05, 0.1) is 19.6 Å². The molecule has 0 spiro atoms. The molecule has 2 unspecified atom stereocenters. The summed E-state index contributed by atoms with van der Waals surface area (Å²) in [4.78, 5) is 40.0. The first-order chi connectivity index (χ1) is 15.0. The zero-order valence-electron chi connectivity index (χ0n) is 18.4. The van der Waals surface area contributed by atoms with E-state index in [1.807, 2.05) is 24.3 Å². The Bertz CT molecular complexity index is 754. The van der Waals surface area contributed by atoms with E-state index in [-0.39, 0.29) is 24.4 Å². The van der Waals surface area contributed by atoms with Gasteiger partial charge in [0.1, 0.15) is 12.6 Å². The highest BCUT2D eigenvalue weighted by atomic mass is 16.5. The van der Waals surface area contributed by atoms with E-state index in [0.717, 1.165) is 37.0 Å². The lowest BCUT2D eigenvalue weighted by atomic mass is 9.92. The maximum absolute atomic E-state index is 12.1. The molecule has 0 aliphatic heterocycles. The van der Waals surface area contributed by atoms with E-state index < -0.39 is 12.1 Å². The number of ether oxygens (including phenoxy) is 2. The van der Waals surface area contributed by atoms with Crippen molar-refractivity contribution in [2.75, 3.05) is 26.3 Å². The van der Waals surface area contributed by atoms with Crippen molar-refractivity contribution in [3.05, 3.63) is 36.0 Å². The molecule has 0 saturated carbocycles. The van der Waals surface area contributed by atoms with Gasteiger partial charge in [-0.2, -0.15) is 0 Å². The maximum Gasteiger partial charge on any atom is 0.408 e. The van der Waals surface area contributed by atoms with Crippen LogP contribution in [0.2, 0.25) is 0 Å². The molecule has 0 radical (unpaired) electrons. The second-order valence-electron chi connectivity index (χ2n) is 7.57. The van der Waals surface area contributed by atoms with E-state index in [0.29, 0.717) is 26.1 Å². The van der Waals surface area contributed by atoms with Gasteiger partial charge in [0.2, 0.25) is 5.91 Å². The van der Waals surface area contributed by atoms with Crippen LogP contribution in [0, 0.1) is 5.92 Å². The number of carbonyl (C=O) groups excluding carboxylic acids is 3. The van der Waals surface area contributed by atoms with Crippen LogP contribution in [0.25, 0.3) is 0 Å². The van der Waals surface area contributed by atoms with Crippen LogP contribution in [0.4, 0.5) is 4.79 Å². The van der Waals surface area contributed by atoms with Gasteiger partial charge in [-0.1, -0.05) is 24.3 Å². The Morgan fingerprint density at radius 3 is 2.77 bits per heavy atom. The molecule has 8 nitrogen and oxygen atoms in total. The second kappa shape index (κ2) is 13.4. The number of nitrogens with zero attached hydrogens (tertiary/aromatic N) is 1. The molecule has 0 aromatic heterocycles. The molecule has 0 aromatic rings. The standard InChI is InChI=1S/C23H33N3O5/c1-3-30-21(27)15-18-9-11-20(12-10-18)24-13-14-25-22(28)17(2)26-23(29)31-16-19-7-5-4-6-8-19/h4-5,7,9,11,17-18H,3,6,8,10,12-16H2,1-2H3,(H,25,28)(H,26,29). The van der Waals surface area contributed by atoms with Gasteiger partial charge in [-0.25, -0.2) is 4.79 Å². The molecule has 2 rings (SSSR count). The third-order valence-corrected chi connectivity index (χ3v) is 5.01. The summed E-state index contributed by atoms with van der Waals surface area (Å²) in [5, 5.41) is 5.30. The fraction of sp³-hybridized carbons (Fsp3) is 0.565. The van der Waals surface area contributed by atoms with E-state index >= 15 is 0 Å². The minimum Gasteiger partial charge on any atom is -0.466 e. The van der Waals surface area contributed by atoms with Gasteiger partial charge in [-0.05, 0) is 57.1 Å². The number of esters is 1. The van der Waals surface area contributed by atoms with Gasteiger partial charge in [-0.15, -0.1) is 0 Å². The van der Waals surface area contributed by atoms with Crippen molar-refractivity contribution < 1.29 is 23.9 Å². The molecule has 2 atom stereocenters. The van der Waals surface area contributed by atoms with Crippen LogP contribution in [-0.2, 0) is 19.1 Å². The molecule has 170 valence electrons. The first kappa shape index (κ1) is 24.4. The predicted octanol–water partition coefficient (Wildman–Crippen LogP) is 2.85. The van der Waals surface area contributed by atoms with Crippen molar-refractivity contribution in [2.24, 2.45) is 10.9 Å². The largest absolute Gasteiger partial charge is 0.466 e. The van der Waals surface area contributed by atoms with Gasteiger partial charge >= 0.3 is 12.1 Å². The van der Waals surface area contributed by atoms with Crippen LogP contribution >= 0.6 is 0 Å². The SMILES string of the molecule is CCOC(=O)CC1C=CC(=NCCNC(=O)C(C)NC(=O)OCC2=CC=CCC2)CC1. The molecule has 8 heteroatoms. The number of nitrogens with one attached hydrogen (secondary N) is 2. The predicted molar refractivity (Wildman–Crippen MR) is 119 cm³/mol. The van der Waals surface area contributed by atoms with Gasteiger partial charge in [-0.3, -0.25) is 14.6 Å². The monoisotopic (exact) mass is 431 g/mol. The van der Waals surface area contributed by atoms with E-state index in [1.54, 1.807) is 13.8 Å². The average Bonchev–Trinajstić information content (AvgIpc) is 2.77. The highest BCUT2D eigenvalue weighted by Crippen LogP contribution is 2.19. The molecule has 0 saturated heterocycles. The molecule has 0 fully saturated rings. The van der Waals surface area contributed by atoms with Gasteiger partial charge in [0, 0.05) is 12.3 Å². The van der Waals surface area contributed by atoms with Crippen LogP contribution in [0.15, 0.2) is 40.9 Å². The van der Waals surface area contributed by atoms with Gasteiger partial charge < -0.3 is 20.1 Å². The van der Waals surface area contributed by atoms with Crippen LogP contribution in [0.1, 0.15) is 46.0 Å². The molecular formula is C23H33N3O5. The number of amides is 2. The summed E-state index contributed by atoms with van der Waals surface area (Å²) < 4.78 is 10.1. The fourth-order valence-corrected chi connectivity index (χ4v) is 3.24. The van der Waals surface area contributed by atoms with Crippen molar-refractivity contribution in [3.8, 4) is 0 Å². The van der Waals surface area contributed by atoms with E-state index in [9.17, 15) is 14.4 Å². The third kappa shape index (κ3) is 9.63. The van der Waals surface area contributed by atoms with Crippen LogP contribution in [0.3, 0.4) is 0 Å². The van der Waals surface area contributed by atoms with Crippen LogP contribution < -0.4 is 10.6 Å². The fourth-order valence-electron chi connectivity index (χ4n) is 3.24. The van der Waals surface area contributed by atoms with E-state index in [1.165, 1.54) is 0 Å². The maximum atomic E-state index is 12.1. The summed E-state index contributed by atoms with van der Waals surface area (Å²) >= 11 is 0. The Morgan fingerprint density at radius 2 is 2.10 bits per heavy atom. The van der Waals surface area contributed by atoms with Crippen molar-refractivity contribution in [2.45, 2.75) is 52.0 Å². The highest BCUT2D eigenvalue weighted by Gasteiger charge is 2.17. The lowest BCUT2D eigenvalue weighted by molar-refractivity contribution is -0.143. The molecular weight excluding hydrogens is 398 g/mol. The average molecular weight is 432 g/mol. The molecule has 0 heterocycles. The summed E-state index contributed by atoms with van der Waals surface area (Å²) in [6.07, 6.45) is 13.2. The number of hydrogen-bond donors (Lipinski definition) is 2. The van der Waals surface area contributed by atoms with Crippen LogP contribution in [-0.4, -0.2) is 56.0 Å². The number of alkyl carbamates (subject to hydrolysis) is 1.